The Kier molecular flexibility index (Phi) is 8.17. The van der Waals surface area contributed by atoms with E-state index in [9.17, 15) is 0 Å². The predicted octanol–water partition coefficient (Wildman–Crippen LogP) is 16.3. The van der Waals surface area contributed by atoms with Crippen LogP contribution in [0, 0.1) is 0 Å². The van der Waals surface area contributed by atoms with Crippen LogP contribution in [0.3, 0.4) is 0 Å². The van der Waals surface area contributed by atoms with E-state index >= 15 is 0 Å². The van der Waals surface area contributed by atoms with Gasteiger partial charge in [-0.2, -0.15) is 0 Å². The Hall–Kier alpha value is -8.14. The molecule has 10 aromatic carbocycles. The monoisotopic (exact) mass is 778 g/mol. The fraction of sp³-hybridized carbons (Fsp3) is 0. The number of aromatic nitrogens is 1. The zero-order valence-corrected chi connectivity index (χ0v) is 33.2. The highest BCUT2D eigenvalue weighted by Gasteiger charge is 2.18. The van der Waals surface area contributed by atoms with Crippen LogP contribution >= 0.6 is 0 Å². The molecule has 0 N–H and O–H groups in total. The van der Waals surface area contributed by atoms with E-state index in [2.05, 4.69) is 228 Å². The van der Waals surface area contributed by atoms with Gasteiger partial charge in [-0.3, -0.25) is 0 Å². The lowest BCUT2D eigenvalue weighted by Gasteiger charge is -2.26. The van der Waals surface area contributed by atoms with Gasteiger partial charge in [0.1, 0.15) is 11.2 Å². The molecule has 0 amide bonds. The normalized spacial score (nSPS) is 11.6. The largest absolute Gasteiger partial charge is 0.456 e. The number of anilines is 3. The van der Waals surface area contributed by atoms with Gasteiger partial charge in [-0.05, 0) is 111 Å². The Morgan fingerprint density at radius 2 is 0.803 bits per heavy atom. The van der Waals surface area contributed by atoms with E-state index < -0.39 is 0 Å². The van der Waals surface area contributed by atoms with Gasteiger partial charge in [0.15, 0.2) is 0 Å². The Balaban J connectivity index is 0.901. The van der Waals surface area contributed by atoms with E-state index in [4.69, 9.17) is 4.42 Å². The van der Waals surface area contributed by atoms with Gasteiger partial charge in [0.05, 0.1) is 16.7 Å². The molecule has 3 nitrogen and oxygen atoms in total. The quantitative estimate of drug-likeness (QED) is 0.161. The minimum Gasteiger partial charge on any atom is -0.456 e. The molecule has 12 aromatic rings. The molecule has 0 atom stereocenters. The molecule has 0 unspecified atom stereocenters. The minimum atomic E-state index is 0.882. The van der Waals surface area contributed by atoms with E-state index in [1.165, 1.54) is 66.1 Å². The first-order chi connectivity index (χ1) is 30.2. The van der Waals surface area contributed by atoms with Crippen LogP contribution in [0.15, 0.2) is 235 Å². The van der Waals surface area contributed by atoms with Crippen molar-refractivity contribution in [2.24, 2.45) is 0 Å². The van der Waals surface area contributed by atoms with Gasteiger partial charge in [-0.15, -0.1) is 0 Å². The summed E-state index contributed by atoms with van der Waals surface area (Å²) in [6.07, 6.45) is 0. The summed E-state index contributed by atoms with van der Waals surface area (Å²) in [4.78, 5) is 2.34. The van der Waals surface area contributed by atoms with Crippen molar-refractivity contribution in [1.29, 1.82) is 0 Å². The first-order valence-electron chi connectivity index (χ1n) is 20.8. The summed E-state index contributed by atoms with van der Waals surface area (Å²) in [5.41, 5.74) is 15.7. The zero-order chi connectivity index (χ0) is 40.3. The highest BCUT2D eigenvalue weighted by molar-refractivity contribution is 6.10. The van der Waals surface area contributed by atoms with Gasteiger partial charge in [-0.1, -0.05) is 158 Å². The number of furan rings is 1. The highest BCUT2D eigenvalue weighted by atomic mass is 16.3. The maximum atomic E-state index is 6.23. The lowest BCUT2D eigenvalue weighted by Crippen LogP contribution is -2.09. The third kappa shape index (κ3) is 5.98. The van der Waals surface area contributed by atoms with Crippen molar-refractivity contribution >= 4 is 71.6 Å². The number of benzene rings is 10. The van der Waals surface area contributed by atoms with E-state index in [1.54, 1.807) is 0 Å². The van der Waals surface area contributed by atoms with Crippen LogP contribution in [-0.4, -0.2) is 4.57 Å². The van der Waals surface area contributed by atoms with Gasteiger partial charge in [0.25, 0.3) is 0 Å². The van der Waals surface area contributed by atoms with Crippen LogP contribution < -0.4 is 4.90 Å². The summed E-state index contributed by atoms with van der Waals surface area (Å²) in [5, 5.41) is 7.23. The Morgan fingerprint density at radius 3 is 1.51 bits per heavy atom. The Morgan fingerprint density at radius 1 is 0.311 bits per heavy atom. The van der Waals surface area contributed by atoms with Crippen LogP contribution in [0.25, 0.3) is 93.6 Å². The summed E-state index contributed by atoms with van der Waals surface area (Å²) in [7, 11) is 0. The summed E-state index contributed by atoms with van der Waals surface area (Å²) in [5.74, 6) is 0. The third-order valence-electron chi connectivity index (χ3n) is 12.2. The maximum Gasteiger partial charge on any atom is 0.135 e. The second kappa shape index (κ2) is 14.3. The summed E-state index contributed by atoms with van der Waals surface area (Å²) in [6.45, 7) is 0. The van der Waals surface area contributed by atoms with Crippen LogP contribution in [-0.2, 0) is 0 Å². The second-order valence-corrected chi connectivity index (χ2v) is 15.7. The topological polar surface area (TPSA) is 21.3 Å². The maximum absolute atomic E-state index is 6.23. The van der Waals surface area contributed by atoms with Crippen LogP contribution in [0.1, 0.15) is 0 Å². The average molecular weight is 779 g/mol. The zero-order valence-electron chi connectivity index (χ0n) is 33.2. The molecule has 0 bridgehead atoms. The predicted molar refractivity (Wildman–Crippen MR) is 257 cm³/mol. The Bertz CT molecular complexity index is 3520. The number of fused-ring (bicyclic) bond motifs is 7. The van der Waals surface area contributed by atoms with Crippen molar-refractivity contribution < 1.29 is 4.42 Å². The minimum absolute atomic E-state index is 0.882. The second-order valence-electron chi connectivity index (χ2n) is 15.7. The summed E-state index contributed by atoms with van der Waals surface area (Å²) < 4.78 is 8.64. The van der Waals surface area contributed by atoms with Gasteiger partial charge in [0, 0.05) is 44.2 Å². The SMILES string of the molecule is c1ccc(-n2c3ccccc3c3ccccc32)c(-c2ccc(-c3ccc(N(c4ccc(-c5ccc6ccccc6c5)cc4)c4ccc5oc6ccccc6c5c4)cc3)cc2)c1. The average Bonchev–Trinajstić information content (AvgIpc) is 3.88. The number of hydrogen-bond donors (Lipinski definition) is 0. The molecule has 3 heteroatoms. The van der Waals surface area contributed by atoms with Gasteiger partial charge in [-0.25, -0.2) is 0 Å². The number of nitrogens with zero attached hydrogens (tertiary/aromatic N) is 2. The fourth-order valence-corrected chi connectivity index (χ4v) is 9.21. The van der Waals surface area contributed by atoms with Gasteiger partial charge < -0.3 is 13.9 Å². The molecule has 2 aromatic heterocycles. The van der Waals surface area contributed by atoms with Crippen molar-refractivity contribution in [2.75, 3.05) is 4.90 Å². The number of hydrogen-bond acceptors (Lipinski definition) is 2. The molecule has 0 aliphatic carbocycles. The van der Waals surface area contributed by atoms with E-state index in [1.807, 2.05) is 12.1 Å². The molecule has 2 heterocycles. The summed E-state index contributed by atoms with van der Waals surface area (Å²) >= 11 is 0. The molecular weight excluding hydrogens is 741 g/mol. The van der Waals surface area contributed by atoms with Crippen molar-refractivity contribution in [2.45, 2.75) is 0 Å². The molecule has 0 radical (unpaired) electrons. The molecule has 0 fully saturated rings. The van der Waals surface area contributed by atoms with Crippen molar-refractivity contribution in [1.82, 2.24) is 4.57 Å². The van der Waals surface area contributed by atoms with E-state index in [0.29, 0.717) is 0 Å². The van der Waals surface area contributed by atoms with Gasteiger partial charge in [0.2, 0.25) is 0 Å². The third-order valence-corrected chi connectivity index (χ3v) is 12.2. The fourth-order valence-electron chi connectivity index (χ4n) is 9.21. The first-order valence-corrected chi connectivity index (χ1v) is 20.8. The lowest BCUT2D eigenvalue weighted by atomic mass is 9.98. The molecule has 0 aliphatic heterocycles. The highest BCUT2D eigenvalue weighted by Crippen LogP contribution is 2.41. The summed E-state index contributed by atoms with van der Waals surface area (Å²) in [6, 6.07) is 83.0. The van der Waals surface area contributed by atoms with Gasteiger partial charge >= 0.3 is 0 Å². The number of para-hydroxylation sites is 4. The van der Waals surface area contributed by atoms with Crippen LogP contribution in [0.5, 0.6) is 0 Å². The van der Waals surface area contributed by atoms with Crippen molar-refractivity contribution in [3.63, 3.8) is 0 Å². The van der Waals surface area contributed by atoms with Crippen LogP contribution in [0.4, 0.5) is 17.1 Å². The molecule has 0 spiro atoms. The molecule has 0 saturated carbocycles. The molecule has 61 heavy (non-hydrogen) atoms. The van der Waals surface area contributed by atoms with Crippen molar-refractivity contribution in [3.8, 4) is 39.1 Å². The van der Waals surface area contributed by atoms with E-state index in [0.717, 1.165) is 44.6 Å². The smallest absolute Gasteiger partial charge is 0.135 e. The molecule has 286 valence electrons. The van der Waals surface area contributed by atoms with E-state index in [-0.39, 0.29) is 0 Å². The van der Waals surface area contributed by atoms with Crippen molar-refractivity contribution in [3.05, 3.63) is 231 Å². The molecule has 12 rings (SSSR count). The Labute approximate surface area is 353 Å². The first kappa shape index (κ1) is 34.9. The molecule has 0 saturated heterocycles. The molecular formula is C58H38N2O. The van der Waals surface area contributed by atoms with Crippen LogP contribution in [0.2, 0.25) is 0 Å². The number of rotatable bonds is 7. The standard InChI is InChI=1S/C58H38N2O/c1-2-12-44-37-45(26-23-39(44)11-1)42-29-33-47(34-30-42)59(48-35-36-58-53(38-48)52-16-6-10-20-57(52)61-58)46-31-27-41(28-32-46)40-21-24-43(25-22-40)49-13-3-7-17-54(49)60-55-18-8-4-14-50(55)51-15-5-9-19-56(51)60/h1-38H. The molecule has 0 aliphatic rings. The lowest BCUT2D eigenvalue weighted by molar-refractivity contribution is 0.669.